The highest BCUT2D eigenvalue weighted by Crippen LogP contribution is 2.32. The van der Waals surface area contributed by atoms with Crippen LogP contribution in [0.1, 0.15) is 52.9 Å². The van der Waals surface area contributed by atoms with Gasteiger partial charge in [0.1, 0.15) is 11.6 Å². The maximum atomic E-state index is 11.8. The van der Waals surface area contributed by atoms with E-state index in [0.29, 0.717) is 12.8 Å². The van der Waals surface area contributed by atoms with Crippen molar-refractivity contribution in [1.82, 2.24) is 5.32 Å². The normalized spacial score (nSPS) is 19.0. The van der Waals surface area contributed by atoms with Crippen molar-refractivity contribution in [3.63, 3.8) is 0 Å². The fourth-order valence-electron chi connectivity index (χ4n) is 2.85. The number of hydrogen-bond acceptors (Lipinski definition) is 4. The second-order valence-corrected chi connectivity index (χ2v) is 6.72. The first-order chi connectivity index (χ1) is 10.1. The SMILES string of the molecule is CC(C)(C)OC(=O)N[C@H](C(=O)O)C(C(=O)O)C1CCCCC1. The Morgan fingerprint density at radius 3 is 2.00 bits per heavy atom. The van der Waals surface area contributed by atoms with Gasteiger partial charge < -0.3 is 20.3 Å². The summed E-state index contributed by atoms with van der Waals surface area (Å²) in [6.07, 6.45) is 3.20. The number of ether oxygens (including phenoxy) is 1. The highest BCUT2D eigenvalue weighted by Gasteiger charge is 2.41. The van der Waals surface area contributed by atoms with Gasteiger partial charge in [0.2, 0.25) is 0 Å². The Morgan fingerprint density at radius 1 is 1.05 bits per heavy atom. The van der Waals surface area contributed by atoms with Crippen molar-refractivity contribution in [1.29, 1.82) is 0 Å². The molecule has 7 nitrogen and oxygen atoms in total. The minimum atomic E-state index is -1.49. The second-order valence-electron chi connectivity index (χ2n) is 6.72. The monoisotopic (exact) mass is 315 g/mol. The maximum Gasteiger partial charge on any atom is 0.408 e. The number of amides is 1. The van der Waals surface area contributed by atoms with Gasteiger partial charge in [-0.1, -0.05) is 19.3 Å². The molecule has 1 fully saturated rings. The summed E-state index contributed by atoms with van der Waals surface area (Å²) in [5.74, 6) is -3.95. The number of nitrogens with one attached hydrogen (secondary N) is 1. The summed E-state index contributed by atoms with van der Waals surface area (Å²) in [6.45, 7) is 4.95. The highest BCUT2D eigenvalue weighted by molar-refractivity contribution is 5.86. The van der Waals surface area contributed by atoms with Crippen LogP contribution in [0, 0.1) is 11.8 Å². The van der Waals surface area contributed by atoms with Gasteiger partial charge in [0.25, 0.3) is 0 Å². The molecular formula is C15H25NO6. The van der Waals surface area contributed by atoms with E-state index in [1.807, 2.05) is 0 Å². The Morgan fingerprint density at radius 2 is 1.59 bits per heavy atom. The van der Waals surface area contributed by atoms with Crippen LogP contribution in [0.3, 0.4) is 0 Å². The fraction of sp³-hybridized carbons (Fsp3) is 0.800. The highest BCUT2D eigenvalue weighted by atomic mass is 16.6. The number of carboxylic acids is 2. The largest absolute Gasteiger partial charge is 0.481 e. The molecule has 2 atom stereocenters. The van der Waals surface area contributed by atoms with E-state index in [4.69, 9.17) is 4.74 Å². The van der Waals surface area contributed by atoms with E-state index in [9.17, 15) is 24.6 Å². The molecule has 1 aliphatic carbocycles. The molecule has 3 N–H and O–H groups in total. The Bertz CT molecular complexity index is 422. The van der Waals surface area contributed by atoms with Crippen molar-refractivity contribution in [2.24, 2.45) is 11.8 Å². The van der Waals surface area contributed by atoms with Crippen molar-refractivity contribution >= 4 is 18.0 Å². The summed E-state index contributed by atoms with van der Waals surface area (Å²) in [5, 5.41) is 21.0. The Labute approximate surface area is 130 Å². The smallest absolute Gasteiger partial charge is 0.408 e. The molecule has 0 spiro atoms. The van der Waals surface area contributed by atoms with Crippen molar-refractivity contribution in [3.8, 4) is 0 Å². The number of aliphatic carboxylic acids is 2. The predicted molar refractivity (Wildman–Crippen MR) is 78.5 cm³/mol. The Kier molecular flexibility index (Phi) is 6.20. The number of rotatable bonds is 5. The average molecular weight is 315 g/mol. The molecule has 0 aromatic rings. The fourth-order valence-corrected chi connectivity index (χ4v) is 2.85. The zero-order valence-corrected chi connectivity index (χ0v) is 13.3. The maximum absolute atomic E-state index is 11.8. The standard InChI is InChI=1S/C15H25NO6/c1-15(2,3)22-14(21)16-11(13(19)20)10(12(17)18)9-7-5-4-6-8-9/h9-11H,4-8H2,1-3H3,(H,16,21)(H,17,18)(H,19,20)/t10?,11-/m0/s1. The lowest BCUT2D eigenvalue weighted by Gasteiger charge is -2.32. The zero-order chi connectivity index (χ0) is 16.9. The molecule has 1 aliphatic rings. The molecule has 0 saturated heterocycles. The van der Waals surface area contributed by atoms with Crippen LogP contribution >= 0.6 is 0 Å². The van der Waals surface area contributed by atoms with Gasteiger partial charge in [0, 0.05) is 0 Å². The van der Waals surface area contributed by atoms with Gasteiger partial charge in [-0.05, 0) is 39.5 Å². The summed E-state index contributed by atoms with van der Waals surface area (Å²) in [7, 11) is 0. The lowest BCUT2D eigenvalue weighted by Crippen LogP contribution is -2.52. The van der Waals surface area contributed by atoms with Gasteiger partial charge in [0.15, 0.2) is 0 Å². The minimum Gasteiger partial charge on any atom is -0.481 e. The zero-order valence-electron chi connectivity index (χ0n) is 13.3. The molecule has 0 bridgehead atoms. The van der Waals surface area contributed by atoms with Gasteiger partial charge in [-0.15, -0.1) is 0 Å². The Hall–Kier alpha value is -1.79. The van der Waals surface area contributed by atoms with Crippen LogP contribution < -0.4 is 5.32 Å². The average Bonchev–Trinajstić information content (AvgIpc) is 2.36. The van der Waals surface area contributed by atoms with Crippen LogP contribution in [0.25, 0.3) is 0 Å². The summed E-state index contributed by atoms with van der Waals surface area (Å²) in [4.78, 5) is 34.8. The van der Waals surface area contributed by atoms with Crippen LogP contribution in [-0.2, 0) is 14.3 Å². The molecular weight excluding hydrogens is 290 g/mol. The second kappa shape index (κ2) is 7.47. The first-order valence-electron chi connectivity index (χ1n) is 7.57. The summed E-state index contributed by atoms with van der Waals surface area (Å²) >= 11 is 0. The van der Waals surface area contributed by atoms with E-state index in [-0.39, 0.29) is 5.92 Å². The van der Waals surface area contributed by atoms with Gasteiger partial charge in [0.05, 0.1) is 5.92 Å². The lowest BCUT2D eigenvalue weighted by atomic mass is 9.76. The summed E-state index contributed by atoms with van der Waals surface area (Å²) < 4.78 is 5.03. The van der Waals surface area contributed by atoms with E-state index in [0.717, 1.165) is 19.3 Å². The van der Waals surface area contributed by atoms with Crippen molar-refractivity contribution in [2.45, 2.75) is 64.5 Å². The van der Waals surface area contributed by atoms with E-state index in [1.54, 1.807) is 20.8 Å². The number of alkyl carbamates (subject to hydrolysis) is 1. The van der Waals surface area contributed by atoms with Gasteiger partial charge >= 0.3 is 18.0 Å². The van der Waals surface area contributed by atoms with Gasteiger partial charge in [-0.25, -0.2) is 9.59 Å². The lowest BCUT2D eigenvalue weighted by molar-refractivity contribution is -0.153. The molecule has 1 unspecified atom stereocenters. The van der Waals surface area contributed by atoms with Crippen molar-refractivity contribution in [3.05, 3.63) is 0 Å². The molecule has 1 amide bonds. The first kappa shape index (κ1) is 18.3. The van der Waals surface area contributed by atoms with Gasteiger partial charge in [-0.3, -0.25) is 4.79 Å². The molecule has 1 rings (SSSR count). The number of carboxylic acid groups (broad SMARTS) is 2. The molecule has 7 heteroatoms. The third-order valence-corrected chi connectivity index (χ3v) is 3.74. The Balaban J connectivity index is 2.87. The van der Waals surface area contributed by atoms with Crippen LogP contribution in [0.4, 0.5) is 4.79 Å². The van der Waals surface area contributed by atoms with E-state index < -0.39 is 35.6 Å². The number of carbonyl (C=O) groups excluding carboxylic acids is 1. The number of hydrogen-bond donors (Lipinski definition) is 3. The topological polar surface area (TPSA) is 113 Å². The van der Waals surface area contributed by atoms with E-state index >= 15 is 0 Å². The van der Waals surface area contributed by atoms with Crippen LogP contribution in [-0.4, -0.2) is 39.9 Å². The molecule has 22 heavy (non-hydrogen) atoms. The van der Waals surface area contributed by atoms with Crippen LogP contribution in [0.2, 0.25) is 0 Å². The van der Waals surface area contributed by atoms with Gasteiger partial charge in [-0.2, -0.15) is 0 Å². The third-order valence-electron chi connectivity index (χ3n) is 3.74. The first-order valence-corrected chi connectivity index (χ1v) is 7.57. The quantitative estimate of drug-likeness (QED) is 0.717. The molecule has 0 aromatic carbocycles. The van der Waals surface area contributed by atoms with E-state index in [2.05, 4.69) is 5.32 Å². The molecule has 0 aliphatic heterocycles. The summed E-state index contributed by atoms with van der Waals surface area (Å²) in [5.41, 5.74) is -0.781. The minimum absolute atomic E-state index is 0.248. The molecule has 0 radical (unpaired) electrons. The predicted octanol–water partition coefficient (Wildman–Crippen LogP) is 2.25. The summed E-state index contributed by atoms with van der Waals surface area (Å²) in [6, 6.07) is -1.49. The number of carbonyl (C=O) groups is 3. The molecule has 0 aromatic heterocycles. The van der Waals surface area contributed by atoms with Crippen molar-refractivity contribution in [2.75, 3.05) is 0 Å². The van der Waals surface area contributed by atoms with Crippen LogP contribution in [0.15, 0.2) is 0 Å². The molecule has 0 heterocycles. The molecule has 1 saturated carbocycles. The molecule has 126 valence electrons. The van der Waals surface area contributed by atoms with Crippen LogP contribution in [0.5, 0.6) is 0 Å². The van der Waals surface area contributed by atoms with Crippen molar-refractivity contribution < 1.29 is 29.3 Å². The third kappa shape index (κ3) is 5.54. The van der Waals surface area contributed by atoms with E-state index in [1.165, 1.54) is 0 Å².